The Balaban J connectivity index is 1.61. The van der Waals surface area contributed by atoms with Crippen LogP contribution in [-0.2, 0) is 0 Å². The van der Waals surface area contributed by atoms with E-state index >= 15 is 0 Å². The molecule has 170 valence electrons. The molecule has 1 atom stereocenters. The predicted molar refractivity (Wildman–Crippen MR) is 131 cm³/mol. The van der Waals surface area contributed by atoms with Crippen molar-refractivity contribution in [2.45, 2.75) is 123 Å². The molecule has 30 heavy (non-hydrogen) atoms. The maximum atomic E-state index is 13.0. The largest absolute Gasteiger partial charge is 0.338 e. The monoisotopic (exact) mass is 414 g/mol. The Kier molecular flexibility index (Phi) is 10.7. The zero-order valence-electron chi connectivity index (χ0n) is 20.1. The standard InChI is InChI=1S/C27H46N2O/c1-5-6-7-8-9-10-11-12-13-14-15-18-21-28-26(30)29-25-20-17-16-19-24(25)23(2)22-27(29,3)4/h16-17,19-20,23H,5-15,18,21-22H2,1-4H3,(H,28,30). The van der Waals surface area contributed by atoms with Gasteiger partial charge in [-0.05, 0) is 44.2 Å². The highest BCUT2D eigenvalue weighted by molar-refractivity contribution is 5.95. The molecule has 1 aromatic carbocycles. The lowest BCUT2D eigenvalue weighted by atomic mass is 9.80. The maximum absolute atomic E-state index is 13.0. The number of anilines is 1. The lowest BCUT2D eigenvalue weighted by Gasteiger charge is -2.45. The summed E-state index contributed by atoms with van der Waals surface area (Å²) in [7, 11) is 0. The second kappa shape index (κ2) is 13.0. The molecule has 2 rings (SSSR count). The fourth-order valence-electron chi connectivity index (χ4n) is 5.01. The van der Waals surface area contributed by atoms with Crippen molar-refractivity contribution in [3.63, 3.8) is 0 Å². The van der Waals surface area contributed by atoms with Gasteiger partial charge >= 0.3 is 6.03 Å². The molecule has 3 heteroatoms. The van der Waals surface area contributed by atoms with E-state index in [-0.39, 0.29) is 11.6 Å². The van der Waals surface area contributed by atoms with Gasteiger partial charge in [0.15, 0.2) is 0 Å². The topological polar surface area (TPSA) is 32.3 Å². The normalized spacial score (nSPS) is 17.6. The van der Waals surface area contributed by atoms with E-state index in [0.29, 0.717) is 5.92 Å². The molecule has 1 aliphatic rings. The number of amides is 2. The summed E-state index contributed by atoms with van der Waals surface area (Å²) in [6.45, 7) is 9.69. The van der Waals surface area contributed by atoms with E-state index in [1.54, 1.807) is 0 Å². The molecule has 0 saturated heterocycles. The van der Waals surface area contributed by atoms with Crippen LogP contribution in [0.3, 0.4) is 0 Å². The molecule has 0 saturated carbocycles. The van der Waals surface area contributed by atoms with E-state index in [9.17, 15) is 4.79 Å². The third-order valence-corrected chi connectivity index (χ3v) is 6.63. The number of urea groups is 1. The Morgan fingerprint density at radius 3 is 2.07 bits per heavy atom. The number of para-hydroxylation sites is 1. The fraction of sp³-hybridized carbons (Fsp3) is 0.741. The molecular formula is C27H46N2O. The van der Waals surface area contributed by atoms with Crippen molar-refractivity contribution >= 4 is 11.7 Å². The van der Waals surface area contributed by atoms with E-state index in [1.165, 1.54) is 76.2 Å². The second-order valence-electron chi connectivity index (χ2n) is 9.93. The molecule has 0 spiro atoms. The van der Waals surface area contributed by atoms with Gasteiger partial charge in [-0.1, -0.05) is 103 Å². The Labute approximate surface area is 186 Å². The number of carbonyl (C=O) groups excluding carboxylic acids is 1. The molecule has 1 aliphatic heterocycles. The highest BCUT2D eigenvalue weighted by Crippen LogP contribution is 2.43. The van der Waals surface area contributed by atoms with Gasteiger partial charge in [-0.15, -0.1) is 0 Å². The molecular weight excluding hydrogens is 368 g/mol. The lowest BCUT2D eigenvalue weighted by Crippen LogP contribution is -2.55. The van der Waals surface area contributed by atoms with Crippen molar-refractivity contribution in [3.8, 4) is 0 Å². The van der Waals surface area contributed by atoms with E-state index in [2.05, 4.69) is 51.2 Å². The molecule has 1 heterocycles. The van der Waals surface area contributed by atoms with Crippen molar-refractivity contribution in [3.05, 3.63) is 29.8 Å². The lowest BCUT2D eigenvalue weighted by molar-refractivity contribution is 0.236. The van der Waals surface area contributed by atoms with E-state index in [1.807, 2.05) is 11.0 Å². The minimum absolute atomic E-state index is 0.0578. The Bertz CT molecular complexity index is 625. The predicted octanol–water partition coefficient (Wildman–Crippen LogP) is 8.19. The van der Waals surface area contributed by atoms with Crippen LogP contribution in [-0.4, -0.2) is 18.1 Å². The van der Waals surface area contributed by atoms with Crippen LogP contribution in [0, 0.1) is 0 Å². The number of unbranched alkanes of at least 4 members (excludes halogenated alkanes) is 11. The zero-order valence-corrected chi connectivity index (χ0v) is 20.1. The van der Waals surface area contributed by atoms with Crippen LogP contribution in [0.2, 0.25) is 0 Å². The van der Waals surface area contributed by atoms with Crippen LogP contribution in [0.25, 0.3) is 0 Å². The molecule has 0 aliphatic carbocycles. The van der Waals surface area contributed by atoms with Gasteiger partial charge in [0.2, 0.25) is 0 Å². The number of nitrogens with one attached hydrogen (secondary N) is 1. The molecule has 0 radical (unpaired) electrons. The van der Waals surface area contributed by atoms with Crippen LogP contribution in [0.15, 0.2) is 24.3 Å². The quantitative estimate of drug-likeness (QED) is 0.324. The average molecular weight is 415 g/mol. The first-order chi connectivity index (χ1) is 14.5. The van der Waals surface area contributed by atoms with Crippen LogP contribution in [0.5, 0.6) is 0 Å². The van der Waals surface area contributed by atoms with Gasteiger partial charge in [0, 0.05) is 17.8 Å². The molecule has 1 N–H and O–H groups in total. The Hall–Kier alpha value is -1.51. The summed E-state index contributed by atoms with van der Waals surface area (Å²) in [5.74, 6) is 0.483. The summed E-state index contributed by atoms with van der Waals surface area (Å²) < 4.78 is 0. The number of benzene rings is 1. The summed E-state index contributed by atoms with van der Waals surface area (Å²) >= 11 is 0. The number of nitrogens with zero attached hydrogens (tertiary/aromatic N) is 1. The summed E-state index contributed by atoms with van der Waals surface area (Å²) in [5, 5.41) is 3.19. The number of hydrogen-bond donors (Lipinski definition) is 1. The highest BCUT2D eigenvalue weighted by Gasteiger charge is 2.39. The van der Waals surface area contributed by atoms with E-state index in [4.69, 9.17) is 0 Å². The highest BCUT2D eigenvalue weighted by atomic mass is 16.2. The van der Waals surface area contributed by atoms with Gasteiger partial charge in [0.05, 0.1) is 0 Å². The van der Waals surface area contributed by atoms with Crippen molar-refractivity contribution in [1.82, 2.24) is 5.32 Å². The van der Waals surface area contributed by atoms with Crippen LogP contribution < -0.4 is 10.2 Å². The fourth-order valence-corrected chi connectivity index (χ4v) is 5.01. The first-order valence-electron chi connectivity index (χ1n) is 12.6. The van der Waals surface area contributed by atoms with Crippen LogP contribution in [0.1, 0.15) is 123 Å². The van der Waals surface area contributed by atoms with Gasteiger partial charge in [0.1, 0.15) is 0 Å². The number of fused-ring (bicyclic) bond motifs is 1. The first-order valence-corrected chi connectivity index (χ1v) is 12.6. The SMILES string of the molecule is CCCCCCCCCCCCCCNC(=O)N1c2ccccc2C(C)CC1(C)C. The molecule has 0 bridgehead atoms. The number of rotatable bonds is 13. The van der Waals surface area contributed by atoms with Gasteiger partial charge in [-0.3, -0.25) is 4.90 Å². The van der Waals surface area contributed by atoms with Gasteiger partial charge < -0.3 is 5.32 Å². The van der Waals surface area contributed by atoms with Crippen molar-refractivity contribution in [2.24, 2.45) is 0 Å². The smallest absolute Gasteiger partial charge is 0.322 e. The molecule has 1 aromatic rings. The van der Waals surface area contributed by atoms with Crippen molar-refractivity contribution in [2.75, 3.05) is 11.4 Å². The van der Waals surface area contributed by atoms with E-state index < -0.39 is 0 Å². The minimum atomic E-state index is -0.158. The summed E-state index contributed by atoms with van der Waals surface area (Å²) in [6, 6.07) is 8.44. The third-order valence-electron chi connectivity index (χ3n) is 6.63. The number of hydrogen-bond acceptors (Lipinski definition) is 1. The average Bonchev–Trinajstić information content (AvgIpc) is 2.71. The van der Waals surface area contributed by atoms with Gasteiger partial charge in [-0.2, -0.15) is 0 Å². The number of carbonyl (C=O) groups is 1. The first kappa shape index (κ1) is 24.8. The van der Waals surface area contributed by atoms with Gasteiger partial charge in [0.25, 0.3) is 0 Å². The summed E-state index contributed by atoms with van der Waals surface area (Å²) in [4.78, 5) is 15.0. The Morgan fingerprint density at radius 2 is 1.47 bits per heavy atom. The molecule has 1 unspecified atom stereocenters. The second-order valence-corrected chi connectivity index (χ2v) is 9.93. The summed E-state index contributed by atoms with van der Waals surface area (Å²) in [5.41, 5.74) is 2.21. The van der Waals surface area contributed by atoms with Crippen LogP contribution >= 0.6 is 0 Å². The molecule has 2 amide bonds. The third kappa shape index (κ3) is 7.63. The summed E-state index contributed by atoms with van der Waals surface area (Å²) in [6.07, 6.45) is 17.1. The van der Waals surface area contributed by atoms with Crippen molar-refractivity contribution in [1.29, 1.82) is 0 Å². The zero-order chi connectivity index (χ0) is 21.8. The molecule has 0 aromatic heterocycles. The van der Waals surface area contributed by atoms with Crippen molar-refractivity contribution < 1.29 is 4.79 Å². The molecule has 0 fully saturated rings. The van der Waals surface area contributed by atoms with Crippen LogP contribution in [0.4, 0.5) is 10.5 Å². The maximum Gasteiger partial charge on any atom is 0.322 e. The van der Waals surface area contributed by atoms with Gasteiger partial charge in [-0.25, -0.2) is 4.79 Å². The van der Waals surface area contributed by atoms with E-state index in [0.717, 1.165) is 25.1 Å². The minimum Gasteiger partial charge on any atom is -0.338 e. The Morgan fingerprint density at radius 1 is 0.933 bits per heavy atom. The molecule has 3 nitrogen and oxygen atoms in total.